The molecule has 0 atom stereocenters. The maximum atomic E-state index is 13.0. The Morgan fingerprint density at radius 2 is 1.05 bits per heavy atom. The molecule has 5 N–H and O–H groups in total. The van der Waals surface area contributed by atoms with Crippen molar-refractivity contribution in [2.45, 2.75) is 19.4 Å². The van der Waals surface area contributed by atoms with Crippen molar-refractivity contribution in [1.29, 1.82) is 0 Å². The lowest BCUT2D eigenvalue weighted by molar-refractivity contribution is 0.101. The highest BCUT2D eigenvalue weighted by Crippen LogP contribution is 2.27. The van der Waals surface area contributed by atoms with E-state index in [4.69, 9.17) is 16.2 Å². The predicted octanol–water partition coefficient (Wildman–Crippen LogP) is 6.97. The summed E-state index contributed by atoms with van der Waals surface area (Å²) in [4.78, 5) is 26.1. The Labute approximate surface area is 227 Å². The Hall–Kier alpha value is -5.10. The van der Waals surface area contributed by atoms with Crippen molar-refractivity contribution in [2.75, 3.05) is 16.8 Å². The van der Waals surface area contributed by atoms with Crippen molar-refractivity contribution >= 4 is 28.6 Å². The second-order valence-electron chi connectivity index (χ2n) is 9.41. The van der Waals surface area contributed by atoms with Gasteiger partial charge in [0, 0.05) is 45.9 Å². The number of hydrogen-bond acceptors (Lipinski definition) is 6. The number of benzene rings is 4. The van der Waals surface area contributed by atoms with E-state index in [2.05, 4.69) is 5.32 Å². The summed E-state index contributed by atoms with van der Waals surface area (Å²) < 4.78 is 5.80. The van der Waals surface area contributed by atoms with E-state index in [1.807, 2.05) is 48.5 Å². The summed E-state index contributed by atoms with van der Waals surface area (Å²) in [5.74, 6) is 1.23. The van der Waals surface area contributed by atoms with Crippen LogP contribution in [0.15, 0.2) is 120 Å². The van der Waals surface area contributed by atoms with Gasteiger partial charge in [-0.05, 0) is 103 Å². The zero-order valence-corrected chi connectivity index (χ0v) is 21.4. The summed E-state index contributed by atoms with van der Waals surface area (Å²) >= 11 is 0. The van der Waals surface area contributed by atoms with Crippen LogP contribution in [0.5, 0.6) is 11.5 Å². The van der Waals surface area contributed by atoms with E-state index in [-0.39, 0.29) is 11.6 Å². The van der Waals surface area contributed by atoms with Crippen LogP contribution in [-0.2, 0) is 6.54 Å². The minimum Gasteiger partial charge on any atom is -0.457 e. The van der Waals surface area contributed by atoms with Crippen LogP contribution in [0.3, 0.4) is 0 Å². The Morgan fingerprint density at radius 3 is 1.54 bits per heavy atom. The minimum atomic E-state index is -0.0479. The van der Waals surface area contributed by atoms with Crippen LogP contribution in [0, 0.1) is 0 Å². The lowest BCUT2D eigenvalue weighted by atomic mass is 9.89. The Bertz CT molecular complexity index is 1530. The molecule has 1 aliphatic rings. The molecule has 0 saturated heterocycles. The molecule has 0 amide bonds. The molecule has 4 aromatic carbocycles. The molecule has 4 aromatic rings. The third-order valence-corrected chi connectivity index (χ3v) is 6.59. The second-order valence-corrected chi connectivity index (χ2v) is 9.41. The van der Waals surface area contributed by atoms with Crippen molar-refractivity contribution in [1.82, 2.24) is 0 Å². The second kappa shape index (κ2) is 11.5. The summed E-state index contributed by atoms with van der Waals surface area (Å²) in [7, 11) is 0. The average molecular weight is 516 g/mol. The number of ether oxygens (including phenoxy) is 1. The molecule has 6 heteroatoms. The Morgan fingerprint density at radius 1 is 0.615 bits per heavy atom. The Balaban J connectivity index is 1.18. The number of nitrogens with two attached hydrogens (primary N) is 2. The van der Waals surface area contributed by atoms with Crippen LogP contribution in [0.1, 0.15) is 39.1 Å². The van der Waals surface area contributed by atoms with Crippen molar-refractivity contribution in [3.05, 3.63) is 137 Å². The lowest BCUT2D eigenvalue weighted by Gasteiger charge is -2.14. The molecule has 0 aromatic heterocycles. The van der Waals surface area contributed by atoms with Gasteiger partial charge in [0.15, 0.2) is 11.6 Å². The van der Waals surface area contributed by atoms with Gasteiger partial charge in [-0.15, -0.1) is 0 Å². The molecule has 1 aliphatic carbocycles. The van der Waals surface area contributed by atoms with E-state index in [0.29, 0.717) is 58.8 Å². The van der Waals surface area contributed by atoms with Gasteiger partial charge in [-0.3, -0.25) is 9.59 Å². The SMILES string of the molecule is Nc1ccc(CNc2ccc(C(=O)C3=CC=C(C(=O)c4ccc(Oc5ccc(N)cc5)cc4)CC3)cc2)cc1. The van der Waals surface area contributed by atoms with Crippen LogP contribution in [0.25, 0.3) is 0 Å². The third kappa shape index (κ3) is 6.43. The molecule has 0 heterocycles. The standard InChI is InChI=1S/C33H29N3O3/c34-27-11-1-22(2-12-27)21-36-29-15-7-25(8-16-29)32(37)23-3-5-24(6-4-23)33(38)26-9-17-30(18-10-26)39-31-19-13-28(35)14-20-31/h1-3,5,7-20,36H,4,6,21,34-35H2. The third-order valence-electron chi connectivity index (χ3n) is 6.59. The van der Waals surface area contributed by atoms with E-state index in [0.717, 1.165) is 16.9 Å². The number of nitrogens with one attached hydrogen (secondary N) is 1. The van der Waals surface area contributed by atoms with E-state index < -0.39 is 0 Å². The largest absolute Gasteiger partial charge is 0.457 e. The van der Waals surface area contributed by atoms with Crippen LogP contribution < -0.4 is 21.5 Å². The molecule has 0 radical (unpaired) electrons. The van der Waals surface area contributed by atoms with Crippen molar-refractivity contribution in [3.8, 4) is 11.5 Å². The van der Waals surface area contributed by atoms with Gasteiger partial charge in [0.05, 0.1) is 0 Å². The van der Waals surface area contributed by atoms with Crippen molar-refractivity contribution in [3.63, 3.8) is 0 Å². The number of anilines is 3. The first-order valence-corrected chi connectivity index (χ1v) is 12.8. The highest BCUT2D eigenvalue weighted by Gasteiger charge is 2.19. The number of allylic oxidation sites excluding steroid dienone is 4. The zero-order valence-electron chi connectivity index (χ0n) is 21.4. The molecule has 0 unspecified atom stereocenters. The van der Waals surface area contributed by atoms with Gasteiger partial charge < -0.3 is 21.5 Å². The molecule has 0 fully saturated rings. The molecular weight excluding hydrogens is 486 g/mol. The lowest BCUT2D eigenvalue weighted by Crippen LogP contribution is -2.11. The quantitative estimate of drug-likeness (QED) is 0.164. The summed E-state index contributed by atoms with van der Waals surface area (Å²) in [6.45, 7) is 0.665. The van der Waals surface area contributed by atoms with E-state index in [9.17, 15) is 9.59 Å². The number of carbonyl (C=O) groups is 2. The number of Topliss-reactive ketones (excluding diaryl/α,β-unsaturated/α-hetero) is 2. The minimum absolute atomic E-state index is 0.0213. The maximum Gasteiger partial charge on any atom is 0.189 e. The number of ketones is 2. The highest BCUT2D eigenvalue weighted by molar-refractivity contribution is 6.12. The highest BCUT2D eigenvalue weighted by atomic mass is 16.5. The molecule has 5 rings (SSSR count). The first-order chi connectivity index (χ1) is 18.9. The fourth-order valence-electron chi connectivity index (χ4n) is 4.31. The van der Waals surface area contributed by atoms with Crippen LogP contribution in [0.4, 0.5) is 17.1 Å². The number of carbonyl (C=O) groups excluding carboxylic acids is 2. The summed E-state index contributed by atoms with van der Waals surface area (Å²) in [6, 6.07) is 29.3. The van der Waals surface area contributed by atoms with E-state index >= 15 is 0 Å². The first kappa shape index (κ1) is 25.5. The van der Waals surface area contributed by atoms with Crippen LogP contribution in [-0.4, -0.2) is 11.6 Å². The number of rotatable bonds is 9. The van der Waals surface area contributed by atoms with Crippen molar-refractivity contribution in [2.24, 2.45) is 0 Å². The first-order valence-electron chi connectivity index (χ1n) is 12.8. The molecule has 0 bridgehead atoms. The van der Waals surface area contributed by atoms with Crippen LogP contribution >= 0.6 is 0 Å². The number of hydrogen-bond donors (Lipinski definition) is 3. The maximum absolute atomic E-state index is 13.0. The monoisotopic (exact) mass is 515 g/mol. The van der Waals surface area contributed by atoms with Crippen molar-refractivity contribution < 1.29 is 14.3 Å². The van der Waals surface area contributed by atoms with Gasteiger partial charge >= 0.3 is 0 Å². The smallest absolute Gasteiger partial charge is 0.189 e. The normalized spacial score (nSPS) is 12.7. The predicted molar refractivity (Wildman–Crippen MR) is 156 cm³/mol. The average Bonchev–Trinajstić information content (AvgIpc) is 2.98. The summed E-state index contributed by atoms with van der Waals surface area (Å²) in [6.07, 6.45) is 4.57. The molecule has 39 heavy (non-hydrogen) atoms. The van der Waals surface area contributed by atoms with Gasteiger partial charge in [-0.2, -0.15) is 0 Å². The molecule has 0 saturated carbocycles. The molecular formula is C33H29N3O3. The molecule has 0 aliphatic heterocycles. The van der Waals surface area contributed by atoms with Crippen LogP contribution in [0.2, 0.25) is 0 Å². The van der Waals surface area contributed by atoms with E-state index in [1.165, 1.54) is 0 Å². The Kier molecular flexibility index (Phi) is 7.55. The fraction of sp³-hybridized carbons (Fsp3) is 0.0909. The van der Waals surface area contributed by atoms with Gasteiger partial charge in [-0.25, -0.2) is 0 Å². The van der Waals surface area contributed by atoms with Gasteiger partial charge in [0.2, 0.25) is 0 Å². The summed E-state index contributed by atoms with van der Waals surface area (Å²) in [5, 5.41) is 3.35. The fourth-order valence-corrected chi connectivity index (χ4v) is 4.31. The zero-order chi connectivity index (χ0) is 27.2. The van der Waals surface area contributed by atoms with Gasteiger partial charge in [0.1, 0.15) is 11.5 Å². The van der Waals surface area contributed by atoms with Gasteiger partial charge in [-0.1, -0.05) is 24.3 Å². The molecule has 6 nitrogen and oxygen atoms in total. The summed E-state index contributed by atoms with van der Waals surface area (Å²) in [5.41, 5.74) is 17.5. The number of nitrogen functional groups attached to an aromatic ring is 2. The van der Waals surface area contributed by atoms with E-state index in [1.54, 1.807) is 60.7 Å². The van der Waals surface area contributed by atoms with Gasteiger partial charge in [0.25, 0.3) is 0 Å². The molecule has 0 spiro atoms. The topological polar surface area (TPSA) is 107 Å². The molecule has 194 valence electrons.